The smallest absolute Gasteiger partial charge is 0.261 e. The number of hydrogen-bond donors (Lipinski definition) is 0. The van der Waals surface area contributed by atoms with Gasteiger partial charge in [0.1, 0.15) is 0 Å². The molecule has 0 N–H and O–H groups in total. The lowest BCUT2D eigenvalue weighted by atomic mass is 9.94. The van der Waals surface area contributed by atoms with Crippen molar-refractivity contribution >= 4 is 49.4 Å². The maximum atomic E-state index is 14.4. The molecular formula is C30H26BrN3O5S. The molecule has 4 aliphatic rings. The number of carbonyl (C=O) groups excluding carboxylic acids is 3. The fraction of sp³-hybridized carbons (Fsp3) is 0.300. The van der Waals surface area contributed by atoms with E-state index in [4.69, 9.17) is 0 Å². The van der Waals surface area contributed by atoms with Gasteiger partial charge in [-0.25, -0.2) is 8.42 Å². The van der Waals surface area contributed by atoms with Gasteiger partial charge in [-0.05, 0) is 82.6 Å². The molecule has 1 fully saturated rings. The second kappa shape index (κ2) is 9.36. The van der Waals surface area contributed by atoms with Crippen molar-refractivity contribution in [1.82, 2.24) is 9.21 Å². The predicted octanol–water partition coefficient (Wildman–Crippen LogP) is 4.33. The molecule has 1 unspecified atom stereocenters. The van der Waals surface area contributed by atoms with Gasteiger partial charge in [0, 0.05) is 29.2 Å². The fourth-order valence-corrected chi connectivity index (χ4v) is 8.85. The van der Waals surface area contributed by atoms with Gasteiger partial charge in [-0.3, -0.25) is 19.3 Å². The van der Waals surface area contributed by atoms with Crippen LogP contribution in [0.15, 0.2) is 70.0 Å². The van der Waals surface area contributed by atoms with Gasteiger partial charge >= 0.3 is 0 Å². The quantitative estimate of drug-likeness (QED) is 0.396. The Hall–Kier alpha value is -3.34. The van der Waals surface area contributed by atoms with Gasteiger partial charge in [-0.2, -0.15) is 4.31 Å². The van der Waals surface area contributed by atoms with Crippen LogP contribution < -0.4 is 4.90 Å². The highest BCUT2D eigenvalue weighted by molar-refractivity contribution is 9.10. The van der Waals surface area contributed by atoms with Crippen molar-refractivity contribution in [3.05, 3.63) is 93.0 Å². The van der Waals surface area contributed by atoms with E-state index in [1.54, 1.807) is 41.3 Å². The predicted molar refractivity (Wildman–Crippen MR) is 152 cm³/mol. The van der Waals surface area contributed by atoms with Crippen molar-refractivity contribution in [3.63, 3.8) is 0 Å². The molecule has 3 aromatic carbocycles. The Morgan fingerprint density at radius 1 is 0.875 bits per heavy atom. The average Bonchev–Trinajstić information content (AvgIpc) is 3.69. The number of carbonyl (C=O) groups is 3. The third-order valence-corrected chi connectivity index (χ3v) is 11.3. The van der Waals surface area contributed by atoms with Gasteiger partial charge < -0.3 is 4.90 Å². The first-order valence-corrected chi connectivity index (χ1v) is 15.7. The van der Waals surface area contributed by atoms with Crippen molar-refractivity contribution < 1.29 is 22.8 Å². The van der Waals surface area contributed by atoms with Crippen molar-refractivity contribution in [2.24, 2.45) is 5.92 Å². The highest BCUT2D eigenvalue weighted by Gasteiger charge is 2.44. The zero-order valence-electron chi connectivity index (χ0n) is 21.5. The van der Waals surface area contributed by atoms with E-state index in [-0.39, 0.29) is 29.8 Å². The fourth-order valence-electron chi connectivity index (χ4n) is 6.18. The molecule has 3 aliphatic heterocycles. The van der Waals surface area contributed by atoms with Gasteiger partial charge in [0.25, 0.3) is 11.8 Å². The van der Waals surface area contributed by atoms with Crippen molar-refractivity contribution in [2.75, 3.05) is 24.5 Å². The molecule has 1 atom stereocenters. The molecule has 0 bridgehead atoms. The summed E-state index contributed by atoms with van der Waals surface area (Å²) in [5, 5.41) is 0. The van der Waals surface area contributed by atoms with E-state index < -0.39 is 27.9 Å². The second-order valence-corrected chi connectivity index (χ2v) is 13.5. The van der Waals surface area contributed by atoms with Crippen LogP contribution in [0.4, 0.5) is 5.69 Å². The number of halogens is 1. The normalized spacial score (nSPS) is 20.5. The van der Waals surface area contributed by atoms with E-state index in [1.165, 1.54) is 4.31 Å². The summed E-state index contributed by atoms with van der Waals surface area (Å²) in [6, 6.07) is 16.9. The van der Waals surface area contributed by atoms with Crippen LogP contribution in [0.1, 0.15) is 56.3 Å². The van der Waals surface area contributed by atoms with Crippen LogP contribution in [0.3, 0.4) is 0 Å². The first-order chi connectivity index (χ1) is 19.3. The monoisotopic (exact) mass is 619 g/mol. The summed E-state index contributed by atoms with van der Waals surface area (Å²) in [5.74, 6) is -0.764. The minimum absolute atomic E-state index is 0.0253. The van der Waals surface area contributed by atoms with Crippen molar-refractivity contribution in [1.29, 1.82) is 0 Å². The topological polar surface area (TPSA) is 95.1 Å². The summed E-state index contributed by atoms with van der Waals surface area (Å²) in [6.07, 6.45) is 2.92. The lowest BCUT2D eigenvalue weighted by molar-refractivity contribution is -0.119. The molecule has 40 heavy (non-hydrogen) atoms. The highest BCUT2D eigenvalue weighted by atomic mass is 79.9. The Morgan fingerprint density at radius 3 is 2.23 bits per heavy atom. The molecule has 0 aromatic heterocycles. The number of nitrogens with zero attached hydrogens (tertiary/aromatic N) is 3. The van der Waals surface area contributed by atoms with Crippen LogP contribution in [0.25, 0.3) is 0 Å². The molecule has 10 heteroatoms. The first kappa shape index (κ1) is 25.6. The van der Waals surface area contributed by atoms with Crippen molar-refractivity contribution in [3.8, 4) is 0 Å². The Bertz CT molecular complexity index is 1680. The molecular weight excluding hydrogens is 594 g/mol. The molecule has 0 spiro atoms. The molecule has 3 heterocycles. The molecule has 3 aromatic rings. The zero-order chi connectivity index (χ0) is 27.8. The SMILES string of the molecule is O=C1c2ccccc2C(=O)N1CC1c2ccccc2CCN1S(=O)(=O)c1cc2c(cc1Br)CCN2C(=O)C1CC1. The Morgan fingerprint density at radius 2 is 1.52 bits per heavy atom. The van der Waals surface area contributed by atoms with E-state index in [0.29, 0.717) is 40.7 Å². The van der Waals surface area contributed by atoms with Crippen LogP contribution in [-0.2, 0) is 27.7 Å². The third kappa shape index (κ3) is 3.95. The number of rotatable bonds is 5. The summed E-state index contributed by atoms with van der Waals surface area (Å²) < 4.78 is 30.7. The van der Waals surface area contributed by atoms with E-state index in [2.05, 4.69) is 15.9 Å². The largest absolute Gasteiger partial charge is 0.312 e. The van der Waals surface area contributed by atoms with Gasteiger partial charge in [-0.15, -0.1) is 0 Å². The van der Waals surface area contributed by atoms with Gasteiger partial charge in [0.15, 0.2) is 0 Å². The van der Waals surface area contributed by atoms with E-state index in [1.807, 2.05) is 24.3 Å². The van der Waals surface area contributed by atoms with Crippen molar-refractivity contribution in [2.45, 2.75) is 36.6 Å². The number of hydrogen-bond acceptors (Lipinski definition) is 5. The van der Waals surface area contributed by atoms with E-state index >= 15 is 0 Å². The molecule has 0 saturated heterocycles. The summed E-state index contributed by atoms with van der Waals surface area (Å²) in [5.41, 5.74) is 4.00. The maximum Gasteiger partial charge on any atom is 0.261 e. The lowest BCUT2D eigenvalue weighted by Crippen LogP contribution is -2.46. The van der Waals surface area contributed by atoms with Crippen LogP contribution in [-0.4, -0.2) is 55.0 Å². The zero-order valence-corrected chi connectivity index (χ0v) is 23.9. The summed E-state index contributed by atoms with van der Waals surface area (Å²) in [6.45, 7) is 0.638. The summed E-state index contributed by atoms with van der Waals surface area (Å²) in [7, 11) is -4.10. The Labute approximate surface area is 240 Å². The molecule has 0 radical (unpaired) electrons. The molecule has 7 rings (SSSR count). The lowest BCUT2D eigenvalue weighted by Gasteiger charge is -2.38. The number of anilines is 1. The number of imide groups is 1. The Balaban J connectivity index is 1.28. The molecule has 1 saturated carbocycles. The van der Waals surface area contributed by atoms with Gasteiger partial charge in [0.05, 0.1) is 28.6 Å². The number of sulfonamides is 1. The molecule has 8 nitrogen and oxygen atoms in total. The number of amides is 3. The average molecular weight is 621 g/mol. The molecule has 1 aliphatic carbocycles. The number of benzene rings is 3. The minimum Gasteiger partial charge on any atom is -0.312 e. The standard InChI is InChI=1S/C30H26BrN3O5S/c31-24-15-20-11-13-32(28(35)19-9-10-19)25(20)16-27(24)40(38,39)34-14-12-18-5-1-2-6-21(18)26(34)17-33-29(36)22-7-3-4-8-23(22)30(33)37/h1-8,15-16,19,26H,9-14,17H2. The van der Waals surface area contributed by atoms with Gasteiger partial charge in [-0.1, -0.05) is 36.4 Å². The van der Waals surface area contributed by atoms with Crippen LogP contribution >= 0.6 is 15.9 Å². The third-order valence-electron chi connectivity index (χ3n) is 8.40. The Kier molecular flexibility index (Phi) is 5.99. The highest BCUT2D eigenvalue weighted by Crippen LogP contribution is 2.42. The van der Waals surface area contributed by atoms with Crippen LogP contribution in [0.2, 0.25) is 0 Å². The summed E-state index contributed by atoms with van der Waals surface area (Å²) >= 11 is 3.50. The first-order valence-electron chi connectivity index (χ1n) is 13.4. The van der Waals surface area contributed by atoms with Crippen LogP contribution in [0.5, 0.6) is 0 Å². The minimum atomic E-state index is -4.10. The number of fused-ring (bicyclic) bond motifs is 3. The molecule has 204 valence electrons. The van der Waals surface area contributed by atoms with E-state index in [0.717, 1.165) is 34.4 Å². The summed E-state index contributed by atoms with van der Waals surface area (Å²) in [4.78, 5) is 42.4. The van der Waals surface area contributed by atoms with Gasteiger partial charge in [0.2, 0.25) is 15.9 Å². The van der Waals surface area contributed by atoms with Crippen LogP contribution in [0, 0.1) is 5.92 Å². The molecule has 3 amide bonds. The van der Waals surface area contributed by atoms with E-state index in [9.17, 15) is 22.8 Å². The maximum absolute atomic E-state index is 14.4. The second-order valence-electron chi connectivity index (χ2n) is 10.8.